The Hall–Kier alpha value is -4.45. The highest BCUT2D eigenvalue weighted by atomic mass is 16.6. The van der Waals surface area contributed by atoms with E-state index in [1.165, 1.54) is 122 Å². The summed E-state index contributed by atoms with van der Waals surface area (Å²) in [5.74, 6) is -0.899. The second-order valence-electron chi connectivity index (χ2n) is 22.0. The minimum absolute atomic E-state index is 0.0860. The molecule has 0 heterocycles. The van der Waals surface area contributed by atoms with Gasteiger partial charge in [0.15, 0.2) is 6.10 Å². The van der Waals surface area contributed by atoms with Crippen molar-refractivity contribution in [3.8, 4) is 0 Å². The molecular formula is C75H124O6. The molecule has 6 nitrogen and oxygen atoms in total. The fourth-order valence-corrected chi connectivity index (χ4v) is 9.18. The van der Waals surface area contributed by atoms with Gasteiger partial charge in [-0.25, -0.2) is 0 Å². The Morgan fingerprint density at radius 1 is 0.259 bits per heavy atom. The molecule has 460 valence electrons. The van der Waals surface area contributed by atoms with Crippen LogP contribution in [0.1, 0.15) is 303 Å². The zero-order chi connectivity index (χ0) is 58.5. The highest BCUT2D eigenvalue weighted by Gasteiger charge is 2.19. The summed E-state index contributed by atoms with van der Waals surface area (Å²) in [6, 6.07) is 0. The van der Waals surface area contributed by atoms with Crippen molar-refractivity contribution in [2.24, 2.45) is 0 Å². The van der Waals surface area contributed by atoms with Crippen molar-refractivity contribution in [3.63, 3.8) is 0 Å². The van der Waals surface area contributed by atoms with E-state index in [4.69, 9.17) is 14.2 Å². The van der Waals surface area contributed by atoms with Crippen LogP contribution < -0.4 is 0 Å². The number of carbonyl (C=O) groups is 3. The molecule has 1 unspecified atom stereocenters. The van der Waals surface area contributed by atoms with Crippen molar-refractivity contribution in [3.05, 3.63) is 134 Å². The second kappa shape index (κ2) is 68.1. The number of unbranched alkanes of at least 4 members (excludes halogenated alkanes) is 27. The molecule has 0 rings (SSSR count). The first kappa shape index (κ1) is 76.5. The van der Waals surface area contributed by atoms with Gasteiger partial charge in [-0.1, -0.05) is 302 Å². The molecule has 0 amide bonds. The molecule has 0 bridgehead atoms. The number of rotatable bonds is 60. The Kier molecular flexibility index (Phi) is 64.3. The third kappa shape index (κ3) is 66.2. The van der Waals surface area contributed by atoms with Crippen molar-refractivity contribution >= 4 is 17.9 Å². The van der Waals surface area contributed by atoms with Crippen LogP contribution in [-0.2, 0) is 28.6 Å². The largest absolute Gasteiger partial charge is 0.462 e. The van der Waals surface area contributed by atoms with Crippen LogP contribution in [0.5, 0.6) is 0 Å². The molecule has 0 aliphatic carbocycles. The lowest BCUT2D eigenvalue weighted by Gasteiger charge is -2.18. The molecule has 0 spiro atoms. The van der Waals surface area contributed by atoms with Gasteiger partial charge in [0.2, 0.25) is 0 Å². The highest BCUT2D eigenvalue weighted by Crippen LogP contribution is 2.16. The van der Waals surface area contributed by atoms with E-state index in [0.29, 0.717) is 19.3 Å². The van der Waals surface area contributed by atoms with Gasteiger partial charge in [0, 0.05) is 19.3 Å². The van der Waals surface area contributed by atoms with Gasteiger partial charge in [-0.15, -0.1) is 0 Å². The Morgan fingerprint density at radius 2 is 0.481 bits per heavy atom. The highest BCUT2D eigenvalue weighted by molar-refractivity contribution is 5.71. The third-order valence-electron chi connectivity index (χ3n) is 14.2. The molecule has 0 aromatic heterocycles. The summed E-state index contributed by atoms with van der Waals surface area (Å²) in [5, 5.41) is 0. The van der Waals surface area contributed by atoms with E-state index < -0.39 is 6.10 Å². The molecule has 0 aliphatic heterocycles. The number of hydrogen-bond acceptors (Lipinski definition) is 6. The maximum absolute atomic E-state index is 12.9. The van der Waals surface area contributed by atoms with E-state index in [1.54, 1.807) is 0 Å². The second-order valence-corrected chi connectivity index (χ2v) is 22.0. The molecular weight excluding hydrogens is 997 g/mol. The normalized spacial score (nSPS) is 13.0. The summed E-state index contributed by atoms with van der Waals surface area (Å²) >= 11 is 0. The molecule has 0 aromatic rings. The van der Waals surface area contributed by atoms with Gasteiger partial charge in [-0.2, -0.15) is 0 Å². The SMILES string of the molecule is CC/C=C\C/C=C\C/C=C\C/C=C\C/C=C\C/C=C\CCCCCCCCCCC(=O)OCC(COC(=O)CCCCCCCCCCCCCCC)OC(=O)CCCCCCCCC/C=C\C/C=C\C/C=C\C/C=C\C/C=C\CC. The Labute approximate surface area is 500 Å². The number of carbonyl (C=O) groups excluding carboxylic acids is 3. The number of allylic oxidation sites excluding steroid dienone is 22. The van der Waals surface area contributed by atoms with E-state index in [1.807, 2.05) is 0 Å². The fraction of sp³-hybridized carbons (Fsp3) is 0.667. The van der Waals surface area contributed by atoms with Gasteiger partial charge in [-0.05, 0) is 116 Å². The first-order valence-electron chi connectivity index (χ1n) is 33.7. The van der Waals surface area contributed by atoms with E-state index in [9.17, 15) is 14.4 Å². The molecule has 0 N–H and O–H groups in total. The quantitative estimate of drug-likeness (QED) is 0.0261. The van der Waals surface area contributed by atoms with Crippen LogP contribution in [0, 0.1) is 0 Å². The van der Waals surface area contributed by atoms with Crippen LogP contribution in [0.3, 0.4) is 0 Å². The van der Waals surface area contributed by atoms with Gasteiger partial charge in [0.25, 0.3) is 0 Å². The number of esters is 3. The lowest BCUT2D eigenvalue weighted by Crippen LogP contribution is -2.30. The predicted octanol–water partition coefficient (Wildman–Crippen LogP) is 23.3. The van der Waals surface area contributed by atoms with Crippen LogP contribution in [0.2, 0.25) is 0 Å². The topological polar surface area (TPSA) is 78.9 Å². The van der Waals surface area contributed by atoms with Gasteiger partial charge in [0.05, 0.1) is 0 Å². The average molecular weight is 1120 g/mol. The Balaban J connectivity index is 4.37. The smallest absolute Gasteiger partial charge is 0.306 e. The maximum Gasteiger partial charge on any atom is 0.306 e. The third-order valence-corrected chi connectivity index (χ3v) is 14.2. The minimum atomic E-state index is -0.792. The van der Waals surface area contributed by atoms with Gasteiger partial charge < -0.3 is 14.2 Å². The summed E-state index contributed by atoms with van der Waals surface area (Å²) in [6.45, 7) is 6.42. The molecule has 0 saturated carbocycles. The van der Waals surface area contributed by atoms with Crippen LogP contribution in [-0.4, -0.2) is 37.2 Å². The van der Waals surface area contributed by atoms with Crippen LogP contribution in [0.15, 0.2) is 134 Å². The summed E-state index contributed by atoms with van der Waals surface area (Å²) in [6.07, 6.45) is 96.0. The summed E-state index contributed by atoms with van der Waals surface area (Å²) < 4.78 is 16.9. The van der Waals surface area contributed by atoms with Crippen molar-refractivity contribution in [2.45, 2.75) is 309 Å². The van der Waals surface area contributed by atoms with Crippen molar-refractivity contribution in [1.82, 2.24) is 0 Å². The first-order valence-corrected chi connectivity index (χ1v) is 33.7. The van der Waals surface area contributed by atoms with Crippen molar-refractivity contribution in [1.29, 1.82) is 0 Å². The average Bonchev–Trinajstić information content (AvgIpc) is 3.46. The molecule has 81 heavy (non-hydrogen) atoms. The number of ether oxygens (including phenoxy) is 3. The molecule has 1 atom stereocenters. The van der Waals surface area contributed by atoms with Crippen LogP contribution >= 0.6 is 0 Å². The predicted molar refractivity (Wildman–Crippen MR) is 353 cm³/mol. The summed E-state index contributed by atoms with van der Waals surface area (Å²) in [4.78, 5) is 38.4. The summed E-state index contributed by atoms with van der Waals surface area (Å²) in [7, 11) is 0. The lowest BCUT2D eigenvalue weighted by atomic mass is 10.0. The molecule has 0 radical (unpaired) electrons. The Morgan fingerprint density at radius 3 is 0.753 bits per heavy atom. The zero-order valence-electron chi connectivity index (χ0n) is 52.8. The van der Waals surface area contributed by atoms with E-state index in [2.05, 4.69) is 154 Å². The summed E-state index contributed by atoms with van der Waals surface area (Å²) in [5.41, 5.74) is 0. The lowest BCUT2D eigenvalue weighted by molar-refractivity contribution is -0.167. The Bertz CT molecular complexity index is 1720. The van der Waals surface area contributed by atoms with E-state index in [-0.39, 0.29) is 31.1 Å². The monoisotopic (exact) mass is 1120 g/mol. The number of hydrogen-bond donors (Lipinski definition) is 0. The first-order chi connectivity index (χ1) is 40.0. The standard InChI is InChI=1S/C75H124O6/c1-4-7-10-13-16-19-22-25-27-29-31-33-35-36-37-38-40-41-43-45-47-50-53-56-59-62-65-68-74(77)80-71-72(70-79-73(76)67-64-61-58-55-52-49-24-21-18-15-12-9-6-3)81-75(78)69-66-63-60-57-54-51-48-46-44-42-39-34-32-30-28-26-23-20-17-14-11-8-5-2/h7-8,10-11,16-17,19-20,25-28,31-34,36-37,40-42,44,72H,4-6,9,12-15,18,21-24,29-30,35,38-39,43,45-71H2,1-3H3/b10-7-,11-8-,19-16-,20-17-,27-25-,28-26-,33-31-,34-32-,37-36-,41-40-,44-42-. The van der Waals surface area contributed by atoms with Crippen molar-refractivity contribution < 1.29 is 28.6 Å². The molecule has 0 aliphatic rings. The molecule has 0 saturated heterocycles. The fourth-order valence-electron chi connectivity index (χ4n) is 9.18. The van der Waals surface area contributed by atoms with E-state index in [0.717, 1.165) is 141 Å². The minimum Gasteiger partial charge on any atom is -0.462 e. The zero-order valence-corrected chi connectivity index (χ0v) is 52.8. The van der Waals surface area contributed by atoms with Gasteiger partial charge in [-0.3, -0.25) is 14.4 Å². The molecule has 6 heteroatoms. The van der Waals surface area contributed by atoms with Gasteiger partial charge in [0.1, 0.15) is 13.2 Å². The molecule has 0 fully saturated rings. The maximum atomic E-state index is 12.9. The van der Waals surface area contributed by atoms with E-state index >= 15 is 0 Å². The van der Waals surface area contributed by atoms with Crippen LogP contribution in [0.4, 0.5) is 0 Å². The van der Waals surface area contributed by atoms with Crippen molar-refractivity contribution in [2.75, 3.05) is 13.2 Å². The van der Waals surface area contributed by atoms with Crippen LogP contribution in [0.25, 0.3) is 0 Å². The molecule has 0 aromatic carbocycles. The van der Waals surface area contributed by atoms with Gasteiger partial charge >= 0.3 is 17.9 Å².